The van der Waals surface area contributed by atoms with Crippen molar-refractivity contribution in [3.8, 4) is 0 Å². The van der Waals surface area contributed by atoms with Crippen molar-refractivity contribution in [3.63, 3.8) is 0 Å². The van der Waals surface area contributed by atoms with E-state index in [0.29, 0.717) is 12.8 Å². The molecule has 3 nitrogen and oxygen atoms in total. The van der Waals surface area contributed by atoms with E-state index in [1.54, 1.807) is 0 Å². The number of nitrogens with one attached hydrogen (secondary N) is 1. The Morgan fingerprint density at radius 2 is 1.76 bits per heavy atom. The summed E-state index contributed by atoms with van der Waals surface area (Å²) in [6, 6.07) is 17.4. The van der Waals surface area contributed by atoms with Crippen LogP contribution in [0.5, 0.6) is 0 Å². The molecular weight excluding hydrogens is 262 g/mol. The van der Waals surface area contributed by atoms with Crippen molar-refractivity contribution in [1.29, 1.82) is 0 Å². The van der Waals surface area contributed by atoms with Crippen molar-refractivity contribution >= 4 is 5.91 Å². The molecule has 1 unspecified atom stereocenters. The second-order valence-corrected chi connectivity index (χ2v) is 5.20. The fourth-order valence-corrected chi connectivity index (χ4v) is 2.20. The normalized spacial score (nSPS) is 11.9. The summed E-state index contributed by atoms with van der Waals surface area (Å²) in [6.45, 7) is 1.95. The molecule has 2 aromatic rings. The van der Waals surface area contributed by atoms with Gasteiger partial charge in [0.1, 0.15) is 0 Å². The molecule has 0 aliphatic rings. The van der Waals surface area contributed by atoms with Gasteiger partial charge in [-0.1, -0.05) is 60.2 Å². The van der Waals surface area contributed by atoms with E-state index in [1.807, 2.05) is 61.5 Å². The lowest BCUT2D eigenvalue weighted by Gasteiger charge is -2.16. The average Bonchev–Trinajstić information content (AvgIpc) is 2.53. The van der Waals surface area contributed by atoms with E-state index in [4.69, 9.17) is 0 Å². The number of aliphatic hydroxyl groups excluding tert-OH is 1. The Morgan fingerprint density at radius 3 is 2.38 bits per heavy atom. The molecule has 0 fully saturated rings. The largest absolute Gasteiger partial charge is 0.394 e. The van der Waals surface area contributed by atoms with Gasteiger partial charge >= 0.3 is 0 Å². The molecule has 2 N–H and O–H groups in total. The highest BCUT2D eigenvalue weighted by Gasteiger charge is 2.13. The Labute approximate surface area is 125 Å². The van der Waals surface area contributed by atoms with Crippen LogP contribution in [0.15, 0.2) is 54.6 Å². The molecule has 1 atom stereocenters. The third-order valence-corrected chi connectivity index (χ3v) is 3.48. The summed E-state index contributed by atoms with van der Waals surface area (Å²) in [4.78, 5) is 12.0. The van der Waals surface area contributed by atoms with Crippen LogP contribution >= 0.6 is 0 Å². The molecule has 0 aliphatic heterocycles. The summed E-state index contributed by atoms with van der Waals surface area (Å²) in [7, 11) is 0. The summed E-state index contributed by atoms with van der Waals surface area (Å²) < 4.78 is 0. The summed E-state index contributed by atoms with van der Waals surface area (Å²) in [5.41, 5.74) is 3.28. The summed E-state index contributed by atoms with van der Waals surface area (Å²) in [6.07, 6.45) is 1.13. The van der Waals surface area contributed by atoms with E-state index in [2.05, 4.69) is 5.32 Å². The number of amides is 1. The molecule has 0 heterocycles. The maximum atomic E-state index is 12.0. The zero-order valence-corrected chi connectivity index (χ0v) is 12.3. The SMILES string of the molecule is Cc1ccc(CCC(=O)NC(CO)c2ccccc2)cc1. The predicted molar refractivity (Wildman–Crippen MR) is 83.9 cm³/mol. The van der Waals surface area contributed by atoms with Crippen molar-refractivity contribution in [3.05, 3.63) is 71.3 Å². The molecule has 2 rings (SSSR count). The molecule has 0 saturated heterocycles. The Balaban J connectivity index is 1.87. The van der Waals surface area contributed by atoms with Gasteiger partial charge < -0.3 is 10.4 Å². The molecule has 3 heteroatoms. The molecule has 0 aliphatic carbocycles. The first kappa shape index (κ1) is 15.3. The van der Waals surface area contributed by atoms with Crippen LogP contribution in [-0.2, 0) is 11.2 Å². The molecule has 0 saturated carbocycles. The van der Waals surface area contributed by atoms with Crippen molar-refractivity contribution < 1.29 is 9.90 Å². The van der Waals surface area contributed by atoms with Crippen LogP contribution < -0.4 is 5.32 Å². The third kappa shape index (κ3) is 4.72. The van der Waals surface area contributed by atoms with Crippen molar-refractivity contribution in [2.24, 2.45) is 0 Å². The van der Waals surface area contributed by atoms with Gasteiger partial charge in [-0.3, -0.25) is 4.79 Å². The lowest BCUT2D eigenvalue weighted by molar-refractivity contribution is -0.122. The Kier molecular flexibility index (Phi) is 5.52. The predicted octanol–water partition coefficient (Wildman–Crippen LogP) is 2.78. The topological polar surface area (TPSA) is 49.3 Å². The van der Waals surface area contributed by atoms with Gasteiger partial charge in [0.25, 0.3) is 0 Å². The standard InChI is InChI=1S/C18H21NO2/c1-14-7-9-15(10-8-14)11-12-18(21)19-17(13-20)16-5-3-2-4-6-16/h2-10,17,20H,11-13H2,1H3,(H,19,21). The maximum Gasteiger partial charge on any atom is 0.220 e. The molecular formula is C18H21NO2. The van der Waals surface area contributed by atoms with Crippen LogP contribution in [0, 0.1) is 6.92 Å². The van der Waals surface area contributed by atoms with Crippen LogP contribution in [0.4, 0.5) is 0 Å². The molecule has 0 spiro atoms. The monoisotopic (exact) mass is 283 g/mol. The fraction of sp³-hybridized carbons (Fsp3) is 0.278. The summed E-state index contributed by atoms with van der Waals surface area (Å²) in [5.74, 6) is -0.0431. The Hall–Kier alpha value is -2.13. The fourth-order valence-electron chi connectivity index (χ4n) is 2.20. The van der Waals surface area contributed by atoms with Gasteiger partial charge in [-0.25, -0.2) is 0 Å². The first-order valence-electron chi connectivity index (χ1n) is 7.20. The molecule has 0 aromatic heterocycles. The number of hydrogen-bond acceptors (Lipinski definition) is 2. The highest BCUT2D eigenvalue weighted by atomic mass is 16.3. The number of hydrogen-bond donors (Lipinski definition) is 2. The Bertz CT molecular complexity index is 564. The lowest BCUT2D eigenvalue weighted by Crippen LogP contribution is -2.30. The number of carbonyl (C=O) groups excluding carboxylic acids is 1. The van der Waals surface area contributed by atoms with E-state index in [9.17, 15) is 9.90 Å². The molecule has 21 heavy (non-hydrogen) atoms. The molecule has 1 amide bonds. The van der Waals surface area contributed by atoms with Gasteiger partial charge in [-0.15, -0.1) is 0 Å². The maximum absolute atomic E-state index is 12.0. The molecule has 0 radical (unpaired) electrons. The van der Waals surface area contributed by atoms with Crippen molar-refractivity contribution in [1.82, 2.24) is 5.32 Å². The molecule has 110 valence electrons. The second kappa shape index (κ2) is 7.60. The van der Waals surface area contributed by atoms with E-state index in [-0.39, 0.29) is 18.6 Å². The highest BCUT2D eigenvalue weighted by Crippen LogP contribution is 2.12. The van der Waals surface area contributed by atoms with Gasteiger partial charge in [0.2, 0.25) is 5.91 Å². The van der Waals surface area contributed by atoms with E-state index < -0.39 is 0 Å². The van der Waals surface area contributed by atoms with Crippen LogP contribution in [0.2, 0.25) is 0 Å². The molecule has 0 bridgehead atoms. The number of benzene rings is 2. The average molecular weight is 283 g/mol. The van der Waals surface area contributed by atoms with E-state index >= 15 is 0 Å². The first-order valence-corrected chi connectivity index (χ1v) is 7.20. The third-order valence-electron chi connectivity index (χ3n) is 3.48. The van der Waals surface area contributed by atoms with Gasteiger partial charge in [-0.2, -0.15) is 0 Å². The zero-order valence-electron chi connectivity index (χ0n) is 12.3. The minimum Gasteiger partial charge on any atom is -0.394 e. The van der Waals surface area contributed by atoms with Gasteiger partial charge in [-0.05, 0) is 24.5 Å². The minimum absolute atomic E-state index is 0.0431. The quantitative estimate of drug-likeness (QED) is 0.856. The van der Waals surface area contributed by atoms with Gasteiger partial charge in [0, 0.05) is 6.42 Å². The van der Waals surface area contributed by atoms with Crippen molar-refractivity contribution in [2.45, 2.75) is 25.8 Å². The van der Waals surface area contributed by atoms with E-state index in [0.717, 1.165) is 11.1 Å². The van der Waals surface area contributed by atoms with Gasteiger partial charge in [0.15, 0.2) is 0 Å². The number of carbonyl (C=O) groups is 1. The van der Waals surface area contributed by atoms with Crippen LogP contribution in [0.3, 0.4) is 0 Å². The zero-order chi connectivity index (χ0) is 15.1. The molecule has 2 aromatic carbocycles. The number of aliphatic hydroxyl groups is 1. The Morgan fingerprint density at radius 1 is 1.10 bits per heavy atom. The van der Waals surface area contributed by atoms with E-state index in [1.165, 1.54) is 5.56 Å². The number of aryl methyl sites for hydroxylation is 2. The van der Waals surface area contributed by atoms with Gasteiger partial charge in [0.05, 0.1) is 12.6 Å². The smallest absolute Gasteiger partial charge is 0.220 e. The number of rotatable bonds is 6. The highest BCUT2D eigenvalue weighted by molar-refractivity contribution is 5.76. The van der Waals surface area contributed by atoms with Crippen LogP contribution in [0.25, 0.3) is 0 Å². The van der Waals surface area contributed by atoms with Crippen molar-refractivity contribution in [2.75, 3.05) is 6.61 Å². The first-order chi connectivity index (χ1) is 10.2. The van der Waals surface area contributed by atoms with Crippen LogP contribution in [-0.4, -0.2) is 17.6 Å². The lowest BCUT2D eigenvalue weighted by atomic mass is 10.1. The summed E-state index contributed by atoms with van der Waals surface area (Å²) in [5, 5.41) is 12.3. The second-order valence-electron chi connectivity index (χ2n) is 5.20. The van der Waals surface area contributed by atoms with Crippen LogP contribution in [0.1, 0.15) is 29.2 Å². The summed E-state index contributed by atoms with van der Waals surface area (Å²) >= 11 is 0. The minimum atomic E-state index is -0.336.